The summed E-state index contributed by atoms with van der Waals surface area (Å²) in [6.45, 7) is 6.10. The fourth-order valence-electron chi connectivity index (χ4n) is 1.60. The predicted octanol–water partition coefficient (Wildman–Crippen LogP) is 3.59. The van der Waals surface area contributed by atoms with Crippen molar-refractivity contribution in [3.63, 3.8) is 0 Å². The van der Waals surface area contributed by atoms with Gasteiger partial charge in [0.05, 0.1) is 21.9 Å². The van der Waals surface area contributed by atoms with Gasteiger partial charge in [-0.25, -0.2) is 0 Å². The van der Waals surface area contributed by atoms with Gasteiger partial charge in [0, 0.05) is 0 Å². The van der Waals surface area contributed by atoms with E-state index in [9.17, 15) is 0 Å². The predicted molar refractivity (Wildman–Crippen MR) is 70.1 cm³/mol. The molecule has 1 aromatic rings. The summed E-state index contributed by atoms with van der Waals surface area (Å²) in [7, 11) is 0. The second-order valence-electron chi connectivity index (χ2n) is 4.32. The van der Waals surface area contributed by atoms with Gasteiger partial charge in [-0.2, -0.15) is 0 Å². The lowest BCUT2D eigenvalue weighted by molar-refractivity contribution is 0.761. The van der Waals surface area contributed by atoms with Gasteiger partial charge in [0.15, 0.2) is 0 Å². The molecule has 80 valence electrons. The Morgan fingerprint density at radius 2 is 1.93 bits per heavy atom. The number of rotatable bonds is 0. The number of hydrogen-bond donors (Lipinski definition) is 2. The van der Waals surface area contributed by atoms with Gasteiger partial charge in [-0.15, -0.1) is 0 Å². The van der Waals surface area contributed by atoms with Gasteiger partial charge < -0.3 is 10.6 Å². The van der Waals surface area contributed by atoms with Crippen LogP contribution in [-0.2, 0) is 0 Å². The first kappa shape index (κ1) is 10.7. The molecule has 15 heavy (non-hydrogen) atoms. The van der Waals surface area contributed by atoms with Crippen LogP contribution in [0.1, 0.15) is 19.4 Å². The molecule has 0 fully saturated rings. The molecule has 4 heteroatoms. The van der Waals surface area contributed by atoms with Crippen LogP contribution in [-0.4, -0.2) is 10.5 Å². The van der Waals surface area contributed by atoms with Crippen molar-refractivity contribution < 1.29 is 0 Å². The zero-order valence-electron chi connectivity index (χ0n) is 8.94. The average Bonchev–Trinajstić information content (AvgIpc) is 2.15. The first-order valence-electron chi connectivity index (χ1n) is 4.80. The van der Waals surface area contributed by atoms with E-state index in [0.717, 1.165) is 26.9 Å². The van der Waals surface area contributed by atoms with Gasteiger partial charge in [0.1, 0.15) is 4.99 Å². The Kier molecular flexibility index (Phi) is 2.40. The molecule has 2 nitrogen and oxygen atoms in total. The van der Waals surface area contributed by atoms with Crippen LogP contribution in [0.15, 0.2) is 12.1 Å². The summed E-state index contributed by atoms with van der Waals surface area (Å²) in [5.41, 5.74) is 2.82. The van der Waals surface area contributed by atoms with E-state index in [4.69, 9.17) is 23.8 Å². The van der Waals surface area contributed by atoms with E-state index in [1.165, 1.54) is 0 Å². The van der Waals surface area contributed by atoms with Gasteiger partial charge in [-0.1, -0.05) is 29.9 Å². The molecular weight excluding hydrogens is 228 g/mol. The Hall–Kier alpha value is -0.800. The first-order valence-corrected chi connectivity index (χ1v) is 5.59. The number of thiocarbonyl (C=S) groups is 1. The topological polar surface area (TPSA) is 24.1 Å². The highest BCUT2D eigenvalue weighted by atomic mass is 35.5. The van der Waals surface area contributed by atoms with Crippen LogP contribution in [0.4, 0.5) is 11.4 Å². The van der Waals surface area contributed by atoms with E-state index in [2.05, 4.69) is 10.6 Å². The zero-order valence-corrected chi connectivity index (χ0v) is 10.5. The third-order valence-corrected chi connectivity index (χ3v) is 3.53. The minimum Gasteiger partial charge on any atom is -0.371 e. The number of hydrogen-bond acceptors (Lipinski definition) is 2. The normalized spacial score (nSPS) is 17.7. The minimum absolute atomic E-state index is 0.250. The van der Waals surface area contributed by atoms with E-state index in [1.807, 2.05) is 32.9 Å². The van der Waals surface area contributed by atoms with Crippen LogP contribution in [0.5, 0.6) is 0 Å². The van der Waals surface area contributed by atoms with Crippen molar-refractivity contribution in [2.45, 2.75) is 26.3 Å². The molecule has 1 aliphatic heterocycles. The lowest BCUT2D eigenvalue weighted by atomic mass is 9.99. The monoisotopic (exact) mass is 240 g/mol. The van der Waals surface area contributed by atoms with Gasteiger partial charge in [-0.3, -0.25) is 0 Å². The molecule has 0 amide bonds. The quantitative estimate of drug-likeness (QED) is 0.678. The van der Waals surface area contributed by atoms with E-state index in [-0.39, 0.29) is 5.54 Å². The van der Waals surface area contributed by atoms with Gasteiger partial charge in [0.2, 0.25) is 0 Å². The summed E-state index contributed by atoms with van der Waals surface area (Å²) < 4.78 is 0. The van der Waals surface area contributed by atoms with Crippen molar-refractivity contribution in [2.24, 2.45) is 0 Å². The Morgan fingerprint density at radius 3 is 2.60 bits per heavy atom. The molecule has 0 aliphatic carbocycles. The summed E-state index contributed by atoms with van der Waals surface area (Å²) in [6, 6.07) is 3.88. The number of aryl methyl sites for hydroxylation is 1. The number of halogens is 1. The zero-order chi connectivity index (χ0) is 11.2. The van der Waals surface area contributed by atoms with Crippen molar-refractivity contribution in [3.05, 3.63) is 22.7 Å². The van der Waals surface area contributed by atoms with Crippen LogP contribution in [0.2, 0.25) is 5.02 Å². The Balaban J connectivity index is 2.59. The van der Waals surface area contributed by atoms with E-state index in [0.29, 0.717) is 0 Å². The largest absolute Gasteiger partial charge is 0.371 e. The standard InChI is InChI=1S/C11H13ClN2S/c1-6-4-5-7(12)9-8(6)13-10(15)11(2,3)14-9/h4-5,14H,1-3H3,(H,13,15). The maximum atomic E-state index is 6.14. The molecule has 1 aliphatic rings. The smallest absolute Gasteiger partial charge is 0.105 e. The van der Waals surface area contributed by atoms with E-state index in [1.54, 1.807) is 0 Å². The van der Waals surface area contributed by atoms with Crippen molar-refractivity contribution in [1.82, 2.24) is 0 Å². The lowest BCUT2D eigenvalue weighted by Crippen LogP contribution is -2.46. The third kappa shape index (κ3) is 1.70. The summed E-state index contributed by atoms with van der Waals surface area (Å²) in [5.74, 6) is 0. The highest BCUT2D eigenvalue weighted by Gasteiger charge is 2.31. The van der Waals surface area contributed by atoms with Gasteiger partial charge in [-0.05, 0) is 32.4 Å². The molecule has 0 saturated carbocycles. The molecule has 2 rings (SSSR count). The number of anilines is 2. The second-order valence-corrected chi connectivity index (χ2v) is 5.13. The van der Waals surface area contributed by atoms with Crippen LogP contribution >= 0.6 is 23.8 Å². The number of fused-ring (bicyclic) bond motifs is 1. The van der Waals surface area contributed by atoms with Crippen LogP contribution < -0.4 is 10.6 Å². The van der Waals surface area contributed by atoms with E-state index < -0.39 is 0 Å². The molecule has 1 heterocycles. The molecule has 0 aromatic heterocycles. The van der Waals surface area contributed by atoms with Crippen LogP contribution in [0, 0.1) is 6.92 Å². The first-order chi connectivity index (χ1) is 6.92. The molecule has 0 unspecified atom stereocenters. The SMILES string of the molecule is Cc1ccc(Cl)c2c1NC(=S)C(C)(C)N2. The van der Waals surface area contributed by atoms with Crippen molar-refractivity contribution in [2.75, 3.05) is 10.6 Å². The summed E-state index contributed by atoms with van der Waals surface area (Å²) >= 11 is 11.4. The van der Waals surface area contributed by atoms with Gasteiger partial charge in [0.25, 0.3) is 0 Å². The molecule has 0 radical (unpaired) electrons. The average molecular weight is 241 g/mol. The van der Waals surface area contributed by atoms with Crippen molar-refractivity contribution in [3.8, 4) is 0 Å². The molecule has 0 spiro atoms. The molecule has 2 N–H and O–H groups in total. The highest BCUT2D eigenvalue weighted by molar-refractivity contribution is 7.80. The molecular formula is C11H13ClN2S. The summed E-state index contributed by atoms with van der Waals surface area (Å²) in [6.07, 6.45) is 0. The second kappa shape index (κ2) is 3.35. The third-order valence-electron chi connectivity index (χ3n) is 2.61. The maximum Gasteiger partial charge on any atom is 0.105 e. The fraction of sp³-hybridized carbons (Fsp3) is 0.364. The summed E-state index contributed by atoms with van der Waals surface area (Å²) in [4.78, 5) is 0.792. The highest BCUT2D eigenvalue weighted by Crippen LogP contribution is 2.39. The number of nitrogens with one attached hydrogen (secondary N) is 2. The number of benzene rings is 1. The molecule has 0 bridgehead atoms. The Morgan fingerprint density at radius 1 is 1.27 bits per heavy atom. The Bertz CT molecular complexity index is 440. The van der Waals surface area contributed by atoms with Crippen LogP contribution in [0.25, 0.3) is 0 Å². The molecule has 0 atom stereocenters. The Labute approximate surface area is 100 Å². The molecule has 0 saturated heterocycles. The van der Waals surface area contributed by atoms with Crippen LogP contribution in [0.3, 0.4) is 0 Å². The fourth-order valence-corrected chi connectivity index (χ4v) is 1.96. The lowest BCUT2D eigenvalue weighted by Gasteiger charge is -2.36. The summed E-state index contributed by atoms with van der Waals surface area (Å²) in [5, 5.41) is 7.32. The van der Waals surface area contributed by atoms with E-state index >= 15 is 0 Å². The minimum atomic E-state index is -0.250. The van der Waals surface area contributed by atoms with Crippen molar-refractivity contribution >= 4 is 40.2 Å². The molecule has 1 aromatic carbocycles. The van der Waals surface area contributed by atoms with Gasteiger partial charge >= 0.3 is 0 Å². The van der Waals surface area contributed by atoms with Crippen molar-refractivity contribution in [1.29, 1.82) is 0 Å². The maximum absolute atomic E-state index is 6.14.